The van der Waals surface area contributed by atoms with Crippen molar-refractivity contribution in [2.45, 2.75) is 58.4 Å². The molecule has 0 aromatic carbocycles. The van der Waals surface area contributed by atoms with Gasteiger partial charge in [0.1, 0.15) is 12.6 Å². The molecule has 0 aliphatic carbocycles. The van der Waals surface area contributed by atoms with E-state index in [2.05, 4.69) is 12.8 Å². The smallest absolute Gasteiger partial charge is 0.410 e. The molecule has 0 saturated heterocycles. The number of hydrogen-bond donors (Lipinski definition) is 0. The van der Waals surface area contributed by atoms with Crippen LogP contribution in [0, 0.1) is 12.3 Å². The van der Waals surface area contributed by atoms with Crippen LogP contribution >= 0.6 is 0 Å². The van der Waals surface area contributed by atoms with E-state index in [4.69, 9.17) is 15.9 Å². The van der Waals surface area contributed by atoms with E-state index in [0.29, 0.717) is 13.0 Å². The summed E-state index contributed by atoms with van der Waals surface area (Å²) in [5.41, 5.74) is 0. The zero-order valence-corrected chi connectivity index (χ0v) is 13.4. The zero-order valence-electron chi connectivity index (χ0n) is 13.4. The van der Waals surface area contributed by atoms with Crippen molar-refractivity contribution in [3.05, 3.63) is 0 Å². The van der Waals surface area contributed by atoms with Crippen LogP contribution in [0.15, 0.2) is 0 Å². The number of nitrogens with zero attached hydrogens (tertiary/aromatic N) is 1. The molecule has 0 rings (SSSR count). The number of hydrogen-bond acceptors (Lipinski definition) is 4. The first kappa shape index (κ1) is 19.3. The van der Waals surface area contributed by atoms with Gasteiger partial charge in [-0.05, 0) is 13.3 Å². The molecule has 0 fully saturated rings. The van der Waals surface area contributed by atoms with Crippen LogP contribution < -0.4 is 0 Å². The van der Waals surface area contributed by atoms with Crippen molar-refractivity contribution in [3.8, 4) is 12.3 Å². The van der Waals surface area contributed by atoms with Crippen LogP contribution in [0.25, 0.3) is 0 Å². The van der Waals surface area contributed by atoms with Gasteiger partial charge in [-0.15, -0.1) is 12.3 Å². The van der Waals surface area contributed by atoms with Gasteiger partial charge in [0.2, 0.25) is 0 Å². The predicted molar refractivity (Wildman–Crippen MR) is 81.7 cm³/mol. The molecule has 120 valence electrons. The van der Waals surface area contributed by atoms with Gasteiger partial charge in [0.05, 0.1) is 6.61 Å². The maximum Gasteiger partial charge on any atom is 0.410 e. The van der Waals surface area contributed by atoms with Crippen LogP contribution in [-0.4, -0.2) is 43.3 Å². The molecule has 1 amide bonds. The Kier molecular flexibility index (Phi) is 11.1. The first-order valence-corrected chi connectivity index (χ1v) is 7.54. The second-order valence-corrected chi connectivity index (χ2v) is 4.94. The first-order chi connectivity index (χ1) is 10.0. The van der Waals surface area contributed by atoms with Crippen LogP contribution in [0.1, 0.15) is 52.4 Å². The molecule has 0 aliphatic heterocycles. The lowest BCUT2D eigenvalue weighted by Crippen LogP contribution is -2.41. The Morgan fingerprint density at radius 3 is 2.43 bits per heavy atom. The molecule has 0 aromatic rings. The fourth-order valence-corrected chi connectivity index (χ4v) is 1.61. The number of terminal acetylenes is 1. The lowest BCUT2D eigenvalue weighted by Gasteiger charge is -2.22. The molecule has 0 saturated carbocycles. The first-order valence-electron chi connectivity index (χ1n) is 7.54. The molecule has 1 unspecified atom stereocenters. The SMILES string of the molecule is C#CCCOC(=O)N(C)C(C)C(=O)OCCCCCCC. The van der Waals surface area contributed by atoms with Crippen LogP contribution in [-0.2, 0) is 14.3 Å². The van der Waals surface area contributed by atoms with Gasteiger partial charge in [-0.1, -0.05) is 32.6 Å². The Bertz CT molecular complexity index is 349. The highest BCUT2D eigenvalue weighted by molar-refractivity contribution is 5.80. The summed E-state index contributed by atoms with van der Waals surface area (Å²) in [5, 5.41) is 0. The summed E-state index contributed by atoms with van der Waals surface area (Å²) >= 11 is 0. The molecule has 0 heterocycles. The standard InChI is InChI=1S/C16H27NO4/c1-5-7-9-10-11-13-20-15(18)14(3)17(4)16(19)21-12-8-6-2/h2,14H,5,7-13H2,1,3-4H3. The summed E-state index contributed by atoms with van der Waals surface area (Å²) in [4.78, 5) is 24.7. The maximum atomic E-state index is 11.8. The van der Waals surface area contributed by atoms with Crippen molar-refractivity contribution in [2.75, 3.05) is 20.3 Å². The number of ether oxygens (including phenoxy) is 2. The van der Waals surface area contributed by atoms with Gasteiger partial charge in [-0.25, -0.2) is 9.59 Å². The van der Waals surface area contributed by atoms with Crippen molar-refractivity contribution in [3.63, 3.8) is 0 Å². The number of likely N-dealkylation sites (N-methyl/N-ethyl adjacent to an activating group) is 1. The third-order valence-corrected chi connectivity index (χ3v) is 3.17. The Labute approximate surface area is 128 Å². The third-order valence-electron chi connectivity index (χ3n) is 3.17. The van der Waals surface area contributed by atoms with Gasteiger partial charge in [-0.3, -0.25) is 4.90 Å². The van der Waals surface area contributed by atoms with Crippen LogP contribution in [0.5, 0.6) is 0 Å². The molecule has 5 heteroatoms. The Balaban J connectivity index is 3.91. The van der Waals surface area contributed by atoms with E-state index in [-0.39, 0.29) is 6.61 Å². The fraction of sp³-hybridized carbons (Fsp3) is 0.750. The molecular weight excluding hydrogens is 270 g/mol. The van der Waals surface area contributed by atoms with E-state index in [1.165, 1.54) is 24.8 Å². The van der Waals surface area contributed by atoms with Gasteiger partial charge in [0.25, 0.3) is 0 Å². The lowest BCUT2D eigenvalue weighted by molar-refractivity contribution is -0.148. The molecule has 0 bridgehead atoms. The summed E-state index contributed by atoms with van der Waals surface area (Å²) in [7, 11) is 1.51. The molecule has 0 N–H and O–H groups in total. The molecule has 0 radical (unpaired) electrons. The average Bonchev–Trinajstić information content (AvgIpc) is 2.49. The fourth-order valence-electron chi connectivity index (χ4n) is 1.61. The molecule has 21 heavy (non-hydrogen) atoms. The summed E-state index contributed by atoms with van der Waals surface area (Å²) in [6.45, 7) is 4.31. The highest BCUT2D eigenvalue weighted by Crippen LogP contribution is 2.05. The Morgan fingerprint density at radius 2 is 1.81 bits per heavy atom. The number of amides is 1. The molecule has 1 atom stereocenters. The number of unbranched alkanes of at least 4 members (excludes halogenated alkanes) is 4. The van der Waals surface area contributed by atoms with Gasteiger partial charge < -0.3 is 9.47 Å². The van der Waals surface area contributed by atoms with Gasteiger partial charge in [0.15, 0.2) is 0 Å². The highest BCUT2D eigenvalue weighted by Gasteiger charge is 2.24. The molecule has 0 aromatic heterocycles. The van der Waals surface area contributed by atoms with Gasteiger partial charge in [-0.2, -0.15) is 0 Å². The third kappa shape index (κ3) is 8.96. The molecule has 0 spiro atoms. The Hall–Kier alpha value is -1.70. The van der Waals surface area contributed by atoms with Crippen LogP contribution in [0.2, 0.25) is 0 Å². The van der Waals surface area contributed by atoms with Crippen molar-refractivity contribution in [2.24, 2.45) is 0 Å². The summed E-state index contributed by atoms with van der Waals surface area (Å²) in [5.74, 6) is 1.96. The van der Waals surface area contributed by atoms with Crippen molar-refractivity contribution < 1.29 is 19.1 Å². The highest BCUT2D eigenvalue weighted by atomic mass is 16.6. The second-order valence-electron chi connectivity index (χ2n) is 4.94. The lowest BCUT2D eigenvalue weighted by atomic mass is 10.2. The average molecular weight is 297 g/mol. The molecular formula is C16H27NO4. The van der Waals surface area contributed by atoms with Crippen molar-refractivity contribution in [1.82, 2.24) is 4.90 Å². The maximum absolute atomic E-state index is 11.8. The summed E-state index contributed by atoms with van der Waals surface area (Å²) in [6.07, 6.45) is 10.3. The van der Waals surface area contributed by atoms with E-state index in [0.717, 1.165) is 19.3 Å². The van der Waals surface area contributed by atoms with E-state index in [1.807, 2.05) is 0 Å². The summed E-state index contributed by atoms with van der Waals surface area (Å²) < 4.78 is 10.1. The monoisotopic (exact) mass is 297 g/mol. The quantitative estimate of drug-likeness (QED) is 0.353. The van der Waals surface area contributed by atoms with E-state index in [1.54, 1.807) is 6.92 Å². The van der Waals surface area contributed by atoms with Crippen LogP contribution in [0.4, 0.5) is 4.79 Å². The van der Waals surface area contributed by atoms with Crippen molar-refractivity contribution in [1.29, 1.82) is 0 Å². The zero-order chi connectivity index (χ0) is 16.1. The topological polar surface area (TPSA) is 55.8 Å². The molecule has 5 nitrogen and oxygen atoms in total. The van der Waals surface area contributed by atoms with E-state index >= 15 is 0 Å². The van der Waals surface area contributed by atoms with Gasteiger partial charge in [0, 0.05) is 13.5 Å². The number of esters is 1. The Morgan fingerprint density at radius 1 is 1.14 bits per heavy atom. The van der Waals surface area contributed by atoms with Gasteiger partial charge >= 0.3 is 12.1 Å². The minimum Gasteiger partial charge on any atom is -0.464 e. The number of rotatable bonds is 10. The largest absolute Gasteiger partial charge is 0.464 e. The summed E-state index contributed by atoms with van der Waals surface area (Å²) in [6, 6.07) is -0.668. The van der Waals surface area contributed by atoms with E-state index < -0.39 is 18.1 Å². The number of carbonyl (C=O) groups is 2. The number of carbonyl (C=O) groups excluding carboxylic acids is 2. The minimum absolute atomic E-state index is 0.152. The van der Waals surface area contributed by atoms with Crippen molar-refractivity contribution >= 4 is 12.1 Å². The normalized spacial score (nSPS) is 11.3. The van der Waals surface area contributed by atoms with Crippen LogP contribution in [0.3, 0.4) is 0 Å². The molecule has 0 aliphatic rings. The second kappa shape index (κ2) is 12.1. The predicted octanol–water partition coefficient (Wildman–Crippen LogP) is 2.98. The minimum atomic E-state index is -0.668. The van der Waals surface area contributed by atoms with E-state index in [9.17, 15) is 9.59 Å².